The van der Waals surface area contributed by atoms with Gasteiger partial charge in [0.15, 0.2) is 0 Å². The molecule has 4 nitrogen and oxygen atoms in total. The number of benzene rings is 2. The van der Waals surface area contributed by atoms with Gasteiger partial charge in [-0.3, -0.25) is 0 Å². The molecule has 0 fully saturated rings. The highest BCUT2D eigenvalue weighted by Crippen LogP contribution is 2.11. The maximum atomic E-state index is 11.7. The van der Waals surface area contributed by atoms with Crippen molar-refractivity contribution < 1.29 is 14.3 Å². The second-order valence-electron chi connectivity index (χ2n) is 4.32. The molecule has 1 N–H and O–H groups in total. The van der Waals surface area contributed by atoms with Crippen LogP contribution in [0.25, 0.3) is 0 Å². The van der Waals surface area contributed by atoms with Crippen molar-refractivity contribution in [1.82, 2.24) is 5.32 Å². The molecule has 0 aliphatic rings. The number of esters is 1. The van der Waals surface area contributed by atoms with E-state index in [0.717, 1.165) is 5.56 Å². The Kier molecular flexibility index (Phi) is 4.50. The van der Waals surface area contributed by atoms with Gasteiger partial charge in [-0.25, -0.2) is 9.59 Å². The van der Waals surface area contributed by atoms with Crippen LogP contribution in [0.3, 0.4) is 0 Å². The predicted molar refractivity (Wildman–Crippen MR) is 75.2 cm³/mol. The van der Waals surface area contributed by atoms with Crippen LogP contribution in [0.2, 0.25) is 0 Å². The molecular formula is C16H15NO3. The molecule has 0 radical (unpaired) electrons. The van der Waals surface area contributed by atoms with Gasteiger partial charge in [-0.1, -0.05) is 48.5 Å². The van der Waals surface area contributed by atoms with E-state index in [9.17, 15) is 9.59 Å². The second kappa shape index (κ2) is 6.52. The van der Waals surface area contributed by atoms with E-state index in [1.807, 2.05) is 37.3 Å². The fourth-order valence-electron chi connectivity index (χ4n) is 1.75. The van der Waals surface area contributed by atoms with Crippen molar-refractivity contribution in [2.45, 2.75) is 13.0 Å². The lowest BCUT2D eigenvalue weighted by Gasteiger charge is -2.13. The van der Waals surface area contributed by atoms with Crippen molar-refractivity contribution in [2.75, 3.05) is 0 Å². The Bertz CT molecular complexity index is 581. The van der Waals surface area contributed by atoms with Crippen molar-refractivity contribution in [3.8, 4) is 0 Å². The van der Waals surface area contributed by atoms with Crippen molar-refractivity contribution in [3.05, 3.63) is 71.8 Å². The summed E-state index contributed by atoms with van der Waals surface area (Å²) in [6.07, 6.45) is -0.754. The molecule has 20 heavy (non-hydrogen) atoms. The van der Waals surface area contributed by atoms with Crippen LogP contribution in [0.1, 0.15) is 28.9 Å². The van der Waals surface area contributed by atoms with E-state index < -0.39 is 12.1 Å². The standard InChI is InChI=1S/C16H15NO3/c1-12(13-8-4-2-5-9-13)17-16(19)20-15(18)14-10-6-3-7-11-14/h2-12H,1H3,(H,17,19)/t12-/m1/s1. The van der Waals surface area contributed by atoms with E-state index in [-0.39, 0.29) is 6.04 Å². The number of carbonyl (C=O) groups excluding carboxylic acids is 2. The summed E-state index contributed by atoms with van der Waals surface area (Å²) >= 11 is 0. The number of hydrogen-bond donors (Lipinski definition) is 1. The molecule has 0 bridgehead atoms. The summed E-state index contributed by atoms with van der Waals surface area (Å²) in [6.45, 7) is 1.82. The summed E-state index contributed by atoms with van der Waals surface area (Å²) in [6, 6.07) is 17.6. The summed E-state index contributed by atoms with van der Waals surface area (Å²) in [5.74, 6) is -0.664. The molecule has 0 aliphatic heterocycles. The SMILES string of the molecule is C[C@@H](NC(=O)OC(=O)c1ccccc1)c1ccccc1. The minimum Gasteiger partial charge on any atom is -0.373 e. The Labute approximate surface area is 117 Å². The van der Waals surface area contributed by atoms with Crippen LogP contribution in [0.4, 0.5) is 4.79 Å². The second-order valence-corrected chi connectivity index (χ2v) is 4.32. The number of alkyl carbamates (subject to hydrolysis) is 1. The topological polar surface area (TPSA) is 55.4 Å². The third-order valence-corrected chi connectivity index (χ3v) is 2.83. The van der Waals surface area contributed by atoms with E-state index >= 15 is 0 Å². The van der Waals surface area contributed by atoms with Crippen LogP contribution in [0.15, 0.2) is 60.7 Å². The average Bonchev–Trinajstić information content (AvgIpc) is 2.49. The van der Waals surface area contributed by atoms with E-state index in [1.54, 1.807) is 30.3 Å². The van der Waals surface area contributed by atoms with Gasteiger partial charge in [0.2, 0.25) is 0 Å². The molecule has 0 aromatic heterocycles. The molecule has 2 aromatic rings. The highest BCUT2D eigenvalue weighted by Gasteiger charge is 2.15. The molecule has 1 atom stereocenters. The number of ether oxygens (including phenoxy) is 1. The number of carbonyl (C=O) groups is 2. The summed E-state index contributed by atoms with van der Waals surface area (Å²) in [5.41, 5.74) is 1.28. The summed E-state index contributed by atoms with van der Waals surface area (Å²) < 4.78 is 4.74. The number of rotatable bonds is 3. The summed E-state index contributed by atoms with van der Waals surface area (Å²) in [5, 5.41) is 2.61. The van der Waals surface area contributed by atoms with Gasteiger partial charge in [-0.2, -0.15) is 0 Å². The Morgan fingerprint density at radius 3 is 2.10 bits per heavy atom. The first-order chi connectivity index (χ1) is 9.66. The lowest BCUT2D eigenvalue weighted by Crippen LogP contribution is -2.29. The Morgan fingerprint density at radius 2 is 1.50 bits per heavy atom. The van der Waals surface area contributed by atoms with E-state index in [4.69, 9.17) is 4.74 Å². The molecule has 4 heteroatoms. The summed E-state index contributed by atoms with van der Waals surface area (Å²) in [7, 11) is 0. The number of amides is 1. The zero-order valence-corrected chi connectivity index (χ0v) is 11.1. The monoisotopic (exact) mass is 269 g/mol. The fraction of sp³-hybridized carbons (Fsp3) is 0.125. The van der Waals surface area contributed by atoms with Gasteiger partial charge in [0.1, 0.15) is 0 Å². The van der Waals surface area contributed by atoms with Gasteiger partial charge in [-0.15, -0.1) is 0 Å². The number of hydrogen-bond acceptors (Lipinski definition) is 3. The first-order valence-corrected chi connectivity index (χ1v) is 6.29. The average molecular weight is 269 g/mol. The van der Waals surface area contributed by atoms with E-state index in [0.29, 0.717) is 5.56 Å². The molecule has 0 unspecified atom stereocenters. The van der Waals surface area contributed by atoms with Crippen LogP contribution in [0, 0.1) is 0 Å². The van der Waals surface area contributed by atoms with E-state index in [1.165, 1.54) is 0 Å². The lowest BCUT2D eigenvalue weighted by atomic mass is 10.1. The number of nitrogens with one attached hydrogen (secondary N) is 1. The molecule has 102 valence electrons. The maximum absolute atomic E-state index is 11.7. The molecule has 2 rings (SSSR count). The van der Waals surface area contributed by atoms with Crippen LogP contribution >= 0.6 is 0 Å². The minimum absolute atomic E-state index is 0.229. The highest BCUT2D eigenvalue weighted by atomic mass is 16.6. The first-order valence-electron chi connectivity index (χ1n) is 6.29. The highest BCUT2D eigenvalue weighted by molar-refractivity contribution is 5.96. The molecule has 2 aromatic carbocycles. The summed E-state index contributed by atoms with van der Waals surface area (Å²) in [4.78, 5) is 23.3. The fourth-order valence-corrected chi connectivity index (χ4v) is 1.75. The largest absolute Gasteiger partial charge is 0.415 e. The zero-order chi connectivity index (χ0) is 14.4. The van der Waals surface area contributed by atoms with Crippen molar-refractivity contribution in [2.24, 2.45) is 0 Å². The van der Waals surface area contributed by atoms with Gasteiger partial charge < -0.3 is 10.1 Å². The first kappa shape index (κ1) is 13.8. The molecular weight excluding hydrogens is 254 g/mol. The minimum atomic E-state index is -0.754. The normalized spacial score (nSPS) is 11.4. The van der Waals surface area contributed by atoms with E-state index in [2.05, 4.69) is 5.32 Å². The van der Waals surface area contributed by atoms with Crippen LogP contribution in [-0.2, 0) is 4.74 Å². The van der Waals surface area contributed by atoms with Gasteiger partial charge in [-0.05, 0) is 24.6 Å². The molecule has 1 amide bonds. The molecule has 0 heterocycles. The molecule has 0 spiro atoms. The molecule has 0 saturated heterocycles. The van der Waals surface area contributed by atoms with Crippen LogP contribution < -0.4 is 5.32 Å². The van der Waals surface area contributed by atoms with Crippen LogP contribution in [0.5, 0.6) is 0 Å². The third kappa shape index (κ3) is 3.68. The lowest BCUT2D eigenvalue weighted by molar-refractivity contribution is 0.0618. The smallest absolute Gasteiger partial charge is 0.373 e. The van der Waals surface area contributed by atoms with Gasteiger partial charge in [0, 0.05) is 0 Å². The third-order valence-electron chi connectivity index (χ3n) is 2.83. The quantitative estimate of drug-likeness (QED) is 0.687. The van der Waals surface area contributed by atoms with Crippen molar-refractivity contribution in [1.29, 1.82) is 0 Å². The maximum Gasteiger partial charge on any atom is 0.415 e. The predicted octanol–water partition coefficient (Wildman–Crippen LogP) is 3.31. The van der Waals surface area contributed by atoms with Crippen molar-refractivity contribution in [3.63, 3.8) is 0 Å². The van der Waals surface area contributed by atoms with Gasteiger partial charge >= 0.3 is 12.1 Å². The molecule has 0 aliphatic carbocycles. The zero-order valence-electron chi connectivity index (χ0n) is 11.1. The Morgan fingerprint density at radius 1 is 0.950 bits per heavy atom. The molecule has 0 saturated carbocycles. The van der Waals surface area contributed by atoms with Gasteiger partial charge in [0.05, 0.1) is 11.6 Å². The van der Waals surface area contributed by atoms with Crippen molar-refractivity contribution >= 4 is 12.1 Å². The Hall–Kier alpha value is -2.62. The Balaban J connectivity index is 1.91. The van der Waals surface area contributed by atoms with Gasteiger partial charge in [0.25, 0.3) is 0 Å². The van der Waals surface area contributed by atoms with Crippen LogP contribution in [-0.4, -0.2) is 12.1 Å².